The summed E-state index contributed by atoms with van der Waals surface area (Å²) < 4.78 is 23.3. The van der Waals surface area contributed by atoms with E-state index in [0.29, 0.717) is 0 Å². The number of rotatable bonds is 3. The van der Waals surface area contributed by atoms with Gasteiger partial charge in [0.15, 0.2) is 0 Å². The van der Waals surface area contributed by atoms with Gasteiger partial charge in [0.1, 0.15) is 24.7 Å². The van der Waals surface area contributed by atoms with Gasteiger partial charge in [0.05, 0.1) is 0 Å². The highest BCUT2D eigenvalue weighted by Crippen LogP contribution is 2.43. The minimum Gasteiger partial charge on any atom is -0.599 e. The number of halogens is 1. The molecule has 9 heteroatoms. The SMILES string of the molecule is C[N+]12CC(=O)O[B-]1(C(C(=O)O)c1ccc(F)cc1)OC(=O)C2. The number of carbonyl (C=O) groups excluding carboxylic acids is 2. The molecule has 2 aliphatic rings. The topological polar surface area (TPSA) is 89.9 Å². The van der Waals surface area contributed by atoms with Crippen LogP contribution in [0.1, 0.15) is 11.4 Å². The predicted octanol–water partition coefficient (Wildman–Crippen LogP) is 0.0322. The molecule has 0 radical (unpaired) electrons. The Bertz CT molecular complexity index is 656. The van der Waals surface area contributed by atoms with Crippen molar-refractivity contribution in [3.8, 4) is 0 Å². The first-order valence-corrected chi connectivity index (χ1v) is 6.68. The number of carbonyl (C=O) groups is 3. The Labute approximate surface area is 124 Å². The fourth-order valence-electron chi connectivity index (χ4n) is 3.36. The number of benzene rings is 1. The van der Waals surface area contributed by atoms with Crippen molar-refractivity contribution in [3.63, 3.8) is 0 Å². The van der Waals surface area contributed by atoms with Gasteiger partial charge in [0.25, 0.3) is 5.97 Å². The van der Waals surface area contributed by atoms with E-state index < -0.39 is 36.2 Å². The molecule has 1 unspecified atom stereocenters. The van der Waals surface area contributed by atoms with Crippen molar-refractivity contribution < 1.29 is 37.6 Å². The van der Waals surface area contributed by atoms with Crippen LogP contribution in [-0.4, -0.2) is 54.2 Å². The van der Waals surface area contributed by atoms with Crippen LogP contribution in [0.3, 0.4) is 0 Å². The van der Waals surface area contributed by atoms with Crippen molar-refractivity contribution in [2.75, 3.05) is 20.1 Å². The summed E-state index contributed by atoms with van der Waals surface area (Å²) in [7, 11) is 1.55. The van der Waals surface area contributed by atoms with Gasteiger partial charge < -0.3 is 18.8 Å². The number of carboxylic acids is 1. The molecule has 7 nitrogen and oxygen atoms in total. The molecule has 1 aromatic rings. The maximum atomic E-state index is 13.1. The fourth-order valence-corrected chi connectivity index (χ4v) is 3.36. The van der Waals surface area contributed by atoms with Crippen molar-refractivity contribution in [2.45, 2.75) is 5.82 Å². The molecule has 0 aromatic heterocycles. The molecule has 2 aliphatic heterocycles. The summed E-state index contributed by atoms with van der Waals surface area (Å²) in [6.45, 7) is -3.07. The van der Waals surface area contributed by atoms with E-state index in [9.17, 15) is 23.9 Å². The predicted molar refractivity (Wildman–Crippen MR) is 70.6 cm³/mol. The van der Waals surface area contributed by atoms with Crippen LogP contribution in [-0.2, 0) is 23.7 Å². The van der Waals surface area contributed by atoms with Crippen molar-refractivity contribution in [1.82, 2.24) is 0 Å². The zero-order valence-corrected chi connectivity index (χ0v) is 11.7. The molecule has 116 valence electrons. The quantitative estimate of drug-likeness (QED) is 0.793. The van der Waals surface area contributed by atoms with Gasteiger partial charge in [0.2, 0.25) is 0 Å². The summed E-state index contributed by atoms with van der Waals surface area (Å²) in [5.74, 6) is -4.46. The van der Waals surface area contributed by atoms with Crippen LogP contribution in [0, 0.1) is 5.82 Å². The van der Waals surface area contributed by atoms with Crippen LogP contribution in [0.25, 0.3) is 0 Å². The second kappa shape index (κ2) is 4.54. The van der Waals surface area contributed by atoms with Gasteiger partial charge in [-0.25, -0.2) is 4.39 Å². The highest BCUT2D eigenvalue weighted by Gasteiger charge is 2.71. The molecule has 2 fully saturated rings. The smallest absolute Gasteiger partial charge is 0.599 e. The molecule has 0 spiro atoms. The second-order valence-corrected chi connectivity index (χ2v) is 5.87. The minimum atomic E-state index is -2.78. The first-order chi connectivity index (χ1) is 10.3. The summed E-state index contributed by atoms with van der Waals surface area (Å²) in [6.07, 6.45) is 0. The highest BCUT2D eigenvalue weighted by molar-refractivity contribution is 6.70. The number of likely N-dealkylation sites (N-methyl/N-ethyl adjacent to an activating group) is 1. The van der Waals surface area contributed by atoms with Crippen LogP contribution in [0.2, 0.25) is 0 Å². The third-order valence-electron chi connectivity index (χ3n) is 4.37. The van der Waals surface area contributed by atoms with Crippen LogP contribution < -0.4 is 0 Å². The van der Waals surface area contributed by atoms with Crippen LogP contribution in [0.5, 0.6) is 0 Å². The van der Waals surface area contributed by atoms with Gasteiger partial charge in [-0.05, 0) is 12.1 Å². The fraction of sp³-hybridized carbons (Fsp3) is 0.308. The Morgan fingerprint density at radius 1 is 1.23 bits per heavy atom. The molecular formula is C13H13BFNO6. The Morgan fingerprint density at radius 3 is 2.18 bits per heavy atom. The summed E-state index contributed by atoms with van der Waals surface area (Å²) in [6, 6.07) is 4.78. The van der Waals surface area contributed by atoms with Gasteiger partial charge in [-0.1, -0.05) is 17.7 Å². The first-order valence-electron chi connectivity index (χ1n) is 6.68. The van der Waals surface area contributed by atoms with E-state index in [1.165, 1.54) is 12.1 Å². The van der Waals surface area contributed by atoms with E-state index in [1.807, 2.05) is 0 Å². The molecule has 0 aliphatic carbocycles. The number of hydrogen-bond acceptors (Lipinski definition) is 5. The summed E-state index contributed by atoms with van der Waals surface area (Å²) in [5, 5.41) is 9.61. The van der Waals surface area contributed by atoms with Gasteiger partial charge in [-0.15, -0.1) is 0 Å². The Balaban J connectivity index is 2.14. The molecule has 0 amide bonds. The number of aliphatic carboxylic acids is 1. The van der Waals surface area contributed by atoms with Gasteiger partial charge >= 0.3 is 18.6 Å². The standard InChI is InChI=1S/C13H13BFNO6/c1-16-6-10(17)21-14(16,22-11(18)7-16)12(13(19)20)8-2-4-9(15)5-3-8/h2-5,12H,6-7H2,1H3,(H,19,20). The molecular weight excluding hydrogens is 296 g/mol. The van der Waals surface area contributed by atoms with Gasteiger partial charge in [-0.3, -0.25) is 14.4 Å². The summed E-state index contributed by atoms with van der Waals surface area (Å²) in [5.41, 5.74) is 0.211. The van der Waals surface area contributed by atoms with E-state index in [4.69, 9.17) is 9.31 Å². The summed E-state index contributed by atoms with van der Waals surface area (Å²) >= 11 is 0. The molecule has 1 aromatic carbocycles. The van der Waals surface area contributed by atoms with E-state index in [2.05, 4.69) is 0 Å². The largest absolute Gasteiger partial charge is 0.602 e. The van der Waals surface area contributed by atoms with Crippen LogP contribution in [0.15, 0.2) is 24.3 Å². The Kier molecular flexibility index (Phi) is 3.00. The van der Waals surface area contributed by atoms with Gasteiger partial charge in [-0.2, -0.15) is 0 Å². The molecule has 22 heavy (non-hydrogen) atoms. The van der Waals surface area contributed by atoms with Crippen LogP contribution in [0.4, 0.5) is 4.39 Å². The maximum Gasteiger partial charge on any atom is 0.602 e. The van der Waals surface area contributed by atoms with E-state index in [0.717, 1.165) is 12.1 Å². The average Bonchev–Trinajstić information content (AvgIpc) is 2.75. The molecule has 1 atom stereocenters. The molecule has 0 bridgehead atoms. The van der Waals surface area contributed by atoms with E-state index in [1.54, 1.807) is 7.05 Å². The molecule has 1 N–H and O–H groups in total. The Hall–Kier alpha value is -2.42. The minimum absolute atomic E-state index is 0.142. The molecule has 3 rings (SSSR count). The van der Waals surface area contributed by atoms with Crippen molar-refractivity contribution in [3.05, 3.63) is 35.6 Å². The maximum absolute atomic E-state index is 13.1. The van der Waals surface area contributed by atoms with Gasteiger partial charge in [0, 0.05) is 7.05 Å². The first kappa shape index (κ1) is 14.5. The highest BCUT2D eigenvalue weighted by atomic mass is 19.1. The van der Waals surface area contributed by atoms with Crippen molar-refractivity contribution in [1.29, 1.82) is 0 Å². The number of nitrogens with zero attached hydrogens (tertiary/aromatic N) is 1. The average molecular weight is 309 g/mol. The lowest BCUT2D eigenvalue weighted by Gasteiger charge is -2.42. The Morgan fingerprint density at radius 2 is 1.73 bits per heavy atom. The number of hydrogen-bond donors (Lipinski definition) is 1. The molecule has 2 saturated heterocycles. The van der Waals surface area contributed by atoms with Crippen LogP contribution >= 0.6 is 0 Å². The van der Waals surface area contributed by atoms with E-state index in [-0.39, 0.29) is 23.0 Å². The number of carboxylic acid groups (broad SMARTS) is 1. The number of fused-ring (bicyclic) bond motifs is 1. The lowest BCUT2D eigenvalue weighted by Crippen LogP contribution is -2.65. The summed E-state index contributed by atoms with van der Waals surface area (Å²) in [4.78, 5) is 35.2. The lowest BCUT2D eigenvalue weighted by molar-refractivity contribution is -0.794. The third kappa shape index (κ3) is 1.89. The molecule has 2 heterocycles. The van der Waals surface area contributed by atoms with Crippen molar-refractivity contribution in [2.24, 2.45) is 0 Å². The van der Waals surface area contributed by atoms with Crippen molar-refractivity contribution >= 4 is 24.6 Å². The van der Waals surface area contributed by atoms with E-state index >= 15 is 0 Å². The monoisotopic (exact) mass is 309 g/mol. The number of quaternary nitrogens is 1. The second-order valence-electron chi connectivity index (χ2n) is 5.87. The third-order valence-corrected chi connectivity index (χ3v) is 4.37. The zero-order chi connectivity index (χ0) is 16.1. The molecule has 0 saturated carbocycles. The lowest BCUT2D eigenvalue weighted by atomic mass is 9.53. The zero-order valence-electron chi connectivity index (χ0n) is 11.7. The normalized spacial score (nSPS) is 31.4.